The van der Waals surface area contributed by atoms with Crippen molar-refractivity contribution in [1.29, 1.82) is 0 Å². The number of anilines is 1. The van der Waals surface area contributed by atoms with E-state index in [0.717, 1.165) is 12.8 Å². The van der Waals surface area contributed by atoms with Gasteiger partial charge in [0.05, 0.1) is 4.47 Å². The third-order valence-electron chi connectivity index (χ3n) is 3.44. The first kappa shape index (κ1) is 15.8. The van der Waals surface area contributed by atoms with E-state index < -0.39 is 11.8 Å². The van der Waals surface area contributed by atoms with Crippen LogP contribution in [0.3, 0.4) is 0 Å². The van der Waals surface area contributed by atoms with Crippen molar-refractivity contribution in [2.24, 2.45) is 5.92 Å². The lowest BCUT2D eigenvalue weighted by Crippen LogP contribution is -2.42. The van der Waals surface area contributed by atoms with Gasteiger partial charge in [-0.25, -0.2) is 9.18 Å². The predicted molar refractivity (Wildman–Crippen MR) is 79.7 cm³/mol. The van der Waals surface area contributed by atoms with E-state index in [9.17, 15) is 14.0 Å². The van der Waals surface area contributed by atoms with Crippen molar-refractivity contribution in [3.8, 4) is 0 Å². The molecular formula is C14H16BrFN2O3. The van der Waals surface area contributed by atoms with Crippen molar-refractivity contribution in [1.82, 2.24) is 4.90 Å². The lowest BCUT2D eigenvalue weighted by atomic mass is 9.95. The minimum atomic E-state index is -0.850. The van der Waals surface area contributed by atoms with Crippen molar-refractivity contribution in [2.75, 3.05) is 18.4 Å². The van der Waals surface area contributed by atoms with Gasteiger partial charge in [0.25, 0.3) is 0 Å². The Morgan fingerprint density at radius 2 is 2.24 bits per heavy atom. The zero-order valence-corrected chi connectivity index (χ0v) is 12.9. The SMILES string of the molecule is O=C(O)CC1CCCN(C(=O)Nc2ccc(Br)c(F)c2)C1. The van der Waals surface area contributed by atoms with Gasteiger partial charge in [-0.2, -0.15) is 0 Å². The zero-order valence-electron chi connectivity index (χ0n) is 11.3. The third kappa shape index (κ3) is 4.42. The minimum absolute atomic E-state index is 0.0244. The number of carbonyl (C=O) groups excluding carboxylic acids is 1. The van der Waals surface area contributed by atoms with Crippen LogP contribution in [-0.4, -0.2) is 35.1 Å². The van der Waals surface area contributed by atoms with Crippen LogP contribution < -0.4 is 5.32 Å². The molecule has 1 aromatic carbocycles. The number of nitrogens with one attached hydrogen (secondary N) is 1. The topological polar surface area (TPSA) is 69.6 Å². The molecule has 1 unspecified atom stereocenters. The van der Waals surface area contributed by atoms with E-state index >= 15 is 0 Å². The zero-order chi connectivity index (χ0) is 15.4. The van der Waals surface area contributed by atoms with Gasteiger partial charge in [0.2, 0.25) is 0 Å². The molecule has 1 saturated heterocycles. The maximum Gasteiger partial charge on any atom is 0.321 e. The summed E-state index contributed by atoms with van der Waals surface area (Å²) in [5, 5.41) is 11.4. The van der Waals surface area contributed by atoms with E-state index in [1.54, 1.807) is 11.0 Å². The molecule has 0 bridgehead atoms. The summed E-state index contributed by atoms with van der Waals surface area (Å²) >= 11 is 3.05. The average Bonchev–Trinajstić information content (AvgIpc) is 2.42. The van der Waals surface area contributed by atoms with Gasteiger partial charge in [-0.3, -0.25) is 4.79 Å². The van der Waals surface area contributed by atoms with E-state index in [-0.39, 0.29) is 18.4 Å². The number of hydrogen-bond acceptors (Lipinski definition) is 2. The Balaban J connectivity index is 1.96. The fourth-order valence-electron chi connectivity index (χ4n) is 2.44. The molecule has 1 fully saturated rings. The lowest BCUT2D eigenvalue weighted by molar-refractivity contribution is -0.138. The van der Waals surface area contributed by atoms with Gasteiger partial charge in [-0.1, -0.05) is 0 Å². The van der Waals surface area contributed by atoms with Crippen molar-refractivity contribution < 1.29 is 19.1 Å². The van der Waals surface area contributed by atoms with E-state index in [2.05, 4.69) is 21.2 Å². The molecular weight excluding hydrogens is 343 g/mol. The molecule has 21 heavy (non-hydrogen) atoms. The van der Waals surface area contributed by atoms with Gasteiger partial charge >= 0.3 is 12.0 Å². The molecule has 2 N–H and O–H groups in total. The molecule has 0 spiro atoms. The molecule has 7 heteroatoms. The number of piperidine rings is 1. The maximum absolute atomic E-state index is 13.4. The molecule has 2 amide bonds. The number of carboxylic acid groups (broad SMARTS) is 1. The van der Waals surface area contributed by atoms with Crippen molar-refractivity contribution >= 4 is 33.6 Å². The molecule has 1 atom stereocenters. The molecule has 2 rings (SSSR count). The largest absolute Gasteiger partial charge is 0.481 e. The van der Waals surface area contributed by atoms with E-state index in [4.69, 9.17) is 5.11 Å². The van der Waals surface area contributed by atoms with Crippen molar-refractivity contribution in [3.05, 3.63) is 28.5 Å². The second-order valence-corrected chi connectivity index (χ2v) is 5.97. The third-order valence-corrected chi connectivity index (χ3v) is 4.08. The lowest BCUT2D eigenvalue weighted by Gasteiger charge is -2.32. The number of aliphatic carboxylic acids is 1. The van der Waals surface area contributed by atoms with Crippen LogP contribution in [0, 0.1) is 11.7 Å². The maximum atomic E-state index is 13.4. The Morgan fingerprint density at radius 1 is 1.48 bits per heavy atom. The predicted octanol–water partition coefficient (Wildman–Crippen LogP) is 3.31. The smallest absolute Gasteiger partial charge is 0.321 e. The van der Waals surface area contributed by atoms with Crippen LogP contribution in [0.5, 0.6) is 0 Å². The fourth-order valence-corrected chi connectivity index (χ4v) is 2.69. The van der Waals surface area contributed by atoms with Gasteiger partial charge in [0.15, 0.2) is 0 Å². The number of likely N-dealkylation sites (tertiary alicyclic amines) is 1. The minimum Gasteiger partial charge on any atom is -0.481 e. The Hall–Kier alpha value is -1.63. The van der Waals surface area contributed by atoms with Crippen LogP contribution in [0.15, 0.2) is 22.7 Å². The van der Waals surface area contributed by atoms with Crippen LogP contribution in [0.1, 0.15) is 19.3 Å². The van der Waals surface area contributed by atoms with Crippen LogP contribution in [0.25, 0.3) is 0 Å². The number of rotatable bonds is 3. The summed E-state index contributed by atoms with van der Waals surface area (Å²) < 4.78 is 13.7. The first-order chi connectivity index (χ1) is 9.95. The van der Waals surface area contributed by atoms with E-state index in [1.165, 1.54) is 12.1 Å². The highest BCUT2D eigenvalue weighted by atomic mass is 79.9. The number of benzene rings is 1. The number of hydrogen-bond donors (Lipinski definition) is 2. The molecule has 0 aromatic heterocycles. The summed E-state index contributed by atoms with van der Waals surface area (Å²) in [5.41, 5.74) is 0.376. The first-order valence-electron chi connectivity index (χ1n) is 6.68. The van der Waals surface area contributed by atoms with E-state index in [1.807, 2.05) is 0 Å². The average molecular weight is 359 g/mol. The molecule has 1 aliphatic heterocycles. The molecule has 114 valence electrons. The molecule has 1 aromatic rings. The highest BCUT2D eigenvalue weighted by molar-refractivity contribution is 9.10. The summed E-state index contributed by atoms with van der Waals surface area (Å²) in [6.07, 6.45) is 1.65. The van der Waals surface area contributed by atoms with Gasteiger partial charge in [0.1, 0.15) is 5.82 Å². The number of carboxylic acids is 1. The molecule has 1 aliphatic rings. The number of amides is 2. The summed E-state index contributed by atoms with van der Waals surface area (Å²) in [7, 11) is 0. The summed E-state index contributed by atoms with van der Waals surface area (Å²) in [6.45, 7) is 0.998. The second-order valence-electron chi connectivity index (χ2n) is 5.11. The van der Waals surface area contributed by atoms with Crippen LogP contribution in [0.2, 0.25) is 0 Å². The van der Waals surface area contributed by atoms with Crippen molar-refractivity contribution in [3.63, 3.8) is 0 Å². The molecule has 1 heterocycles. The van der Waals surface area contributed by atoms with Crippen molar-refractivity contribution in [2.45, 2.75) is 19.3 Å². The molecule has 0 aliphatic carbocycles. The highest BCUT2D eigenvalue weighted by Gasteiger charge is 2.25. The summed E-state index contributed by atoms with van der Waals surface area (Å²) in [6, 6.07) is 4.03. The fraction of sp³-hybridized carbons (Fsp3) is 0.429. The monoisotopic (exact) mass is 358 g/mol. The highest BCUT2D eigenvalue weighted by Crippen LogP contribution is 2.22. The number of nitrogens with zero attached hydrogens (tertiary/aromatic N) is 1. The number of carbonyl (C=O) groups is 2. The van der Waals surface area contributed by atoms with Gasteiger partial charge < -0.3 is 15.3 Å². The number of halogens is 2. The van der Waals surface area contributed by atoms with Gasteiger partial charge in [0, 0.05) is 25.2 Å². The Bertz CT molecular complexity index is 553. The van der Waals surface area contributed by atoms with Gasteiger partial charge in [-0.05, 0) is 52.9 Å². The Labute approximate surface area is 130 Å². The van der Waals surface area contributed by atoms with Crippen LogP contribution in [0.4, 0.5) is 14.9 Å². The molecule has 0 saturated carbocycles. The Morgan fingerprint density at radius 3 is 2.90 bits per heavy atom. The molecule has 5 nitrogen and oxygen atoms in total. The summed E-state index contributed by atoms with van der Waals surface area (Å²) in [5.74, 6) is -1.32. The van der Waals surface area contributed by atoms with Crippen LogP contribution in [-0.2, 0) is 4.79 Å². The van der Waals surface area contributed by atoms with E-state index in [0.29, 0.717) is 23.2 Å². The normalized spacial score (nSPS) is 18.4. The Kier molecular flexibility index (Phi) is 5.17. The van der Waals surface area contributed by atoms with Crippen LogP contribution >= 0.6 is 15.9 Å². The molecule has 0 radical (unpaired) electrons. The number of urea groups is 1. The first-order valence-corrected chi connectivity index (χ1v) is 7.48. The quantitative estimate of drug-likeness (QED) is 0.870. The standard InChI is InChI=1S/C14H16BrFN2O3/c15-11-4-3-10(7-12(11)16)17-14(21)18-5-1-2-9(8-18)6-13(19)20/h3-4,7,9H,1-2,5-6,8H2,(H,17,21)(H,19,20). The second kappa shape index (κ2) is 6.89. The summed E-state index contributed by atoms with van der Waals surface area (Å²) in [4.78, 5) is 24.4. The van der Waals surface area contributed by atoms with Gasteiger partial charge in [-0.15, -0.1) is 0 Å².